The number of ketones is 1. The molecular formula is C20H22N2O10S2. The molecule has 2 aromatic rings. The SMILES string of the molecule is C=C1CC(=O)O1.CC(=O)CC(=O)Nc1ccc(S(=O)(=O)O)cc1.Nc1ccc(S(=O)(=O)O)cc1. The van der Waals surface area contributed by atoms with E-state index in [1.807, 2.05) is 0 Å². The minimum absolute atomic E-state index is 0.147. The number of nitrogen functional groups attached to an aromatic ring is 1. The standard InChI is InChI=1S/C10H11NO5S.C6H7NO3S.C4H4O2/c1-7(12)6-10(13)11-8-2-4-9(5-3-8)17(14,15)16;7-5-1-3-6(4-2-5)11(8,9)10;1-3-2-4(5)6-3/h2-5H,6H2,1H3,(H,11,13)(H,14,15,16);1-4H,7H2,(H,8,9,10);1-2H2. The van der Waals surface area contributed by atoms with Crippen molar-refractivity contribution in [3.8, 4) is 0 Å². The number of esters is 1. The lowest BCUT2D eigenvalue weighted by atomic mass is 10.2. The summed E-state index contributed by atoms with van der Waals surface area (Å²) in [5.41, 5.74) is 6.10. The van der Waals surface area contributed by atoms with Crippen molar-refractivity contribution in [2.45, 2.75) is 29.6 Å². The van der Waals surface area contributed by atoms with Crippen LogP contribution in [0.25, 0.3) is 0 Å². The van der Waals surface area contributed by atoms with E-state index in [4.69, 9.17) is 14.8 Å². The van der Waals surface area contributed by atoms with Gasteiger partial charge in [-0.3, -0.25) is 23.5 Å². The van der Waals surface area contributed by atoms with Gasteiger partial charge in [0.25, 0.3) is 20.2 Å². The highest BCUT2D eigenvalue weighted by atomic mass is 32.2. The molecule has 14 heteroatoms. The van der Waals surface area contributed by atoms with Gasteiger partial charge >= 0.3 is 5.97 Å². The first-order valence-electron chi connectivity index (χ1n) is 9.16. The van der Waals surface area contributed by atoms with Gasteiger partial charge in [-0.05, 0) is 55.5 Å². The summed E-state index contributed by atoms with van der Waals surface area (Å²) in [6, 6.07) is 10.2. The van der Waals surface area contributed by atoms with E-state index < -0.39 is 26.1 Å². The van der Waals surface area contributed by atoms with Crippen molar-refractivity contribution < 1.29 is 45.1 Å². The minimum atomic E-state index is -4.23. The third-order valence-corrected chi connectivity index (χ3v) is 5.36. The molecule has 1 aliphatic heterocycles. The lowest BCUT2D eigenvalue weighted by Crippen LogP contribution is -2.15. The van der Waals surface area contributed by atoms with Gasteiger partial charge in [-0.2, -0.15) is 16.8 Å². The van der Waals surface area contributed by atoms with Crippen LogP contribution in [0.15, 0.2) is 70.7 Å². The molecule has 12 nitrogen and oxygen atoms in total. The Morgan fingerprint density at radius 3 is 1.68 bits per heavy atom. The van der Waals surface area contributed by atoms with Gasteiger partial charge in [-0.1, -0.05) is 6.58 Å². The maximum Gasteiger partial charge on any atom is 0.318 e. The van der Waals surface area contributed by atoms with E-state index in [9.17, 15) is 31.2 Å². The van der Waals surface area contributed by atoms with Crippen LogP contribution in [0.5, 0.6) is 0 Å². The average Bonchev–Trinajstić information content (AvgIpc) is 2.67. The summed E-state index contributed by atoms with van der Waals surface area (Å²) in [4.78, 5) is 31.3. The summed E-state index contributed by atoms with van der Waals surface area (Å²) >= 11 is 0. The lowest BCUT2D eigenvalue weighted by Gasteiger charge is -2.12. The Balaban J connectivity index is 0.000000288. The Kier molecular flexibility index (Phi) is 10.1. The van der Waals surface area contributed by atoms with Crippen LogP contribution in [0.4, 0.5) is 11.4 Å². The molecule has 1 fully saturated rings. The highest BCUT2D eigenvalue weighted by Crippen LogP contribution is 2.14. The molecule has 0 radical (unpaired) electrons. The molecule has 0 aromatic heterocycles. The second kappa shape index (κ2) is 12.0. The normalized spacial score (nSPS) is 12.6. The molecule has 1 aliphatic rings. The zero-order chi connectivity index (χ0) is 26.1. The van der Waals surface area contributed by atoms with E-state index in [-0.39, 0.29) is 28.0 Å². The largest absolute Gasteiger partial charge is 0.431 e. The van der Waals surface area contributed by atoms with Crippen LogP contribution < -0.4 is 11.1 Å². The van der Waals surface area contributed by atoms with E-state index >= 15 is 0 Å². The zero-order valence-electron chi connectivity index (χ0n) is 17.8. The molecule has 0 unspecified atom stereocenters. The van der Waals surface area contributed by atoms with Crippen molar-refractivity contribution in [2.75, 3.05) is 11.1 Å². The molecule has 5 N–H and O–H groups in total. The molecule has 0 saturated carbocycles. The number of benzene rings is 2. The average molecular weight is 515 g/mol. The van der Waals surface area contributed by atoms with Crippen LogP contribution in [0.2, 0.25) is 0 Å². The summed E-state index contributed by atoms with van der Waals surface area (Å²) in [6.07, 6.45) is 0.181. The van der Waals surface area contributed by atoms with Gasteiger partial charge < -0.3 is 15.8 Å². The van der Waals surface area contributed by atoms with E-state index in [0.29, 0.717) is 23.6 Å². The van der Waals surface area contributed by atoms with Crippen LogP contribution in [0.3, 0.4) is 0 Å². The predicted octanol–water partition coefficient (Wildman–Crippen LogP) is 1.81. The number of anilines is 2. The molecule has 1 saturated heterocycles. The highest BCUT2D eigenvalue weighted by molar-refractivity contribution is 7.86. The van der Waals surface area contributed by atoms with Crippen molar-refractivity contribution in [3.05, 3.63) is 60.9 Å². The van der Waals surface area contributed by atoms with Crippen LogP contribution in [-0.2, 0) is 39.4 Å². The van der Waals surface area contributed by atoms with Gasteiger partial charge in [-0.25, -0.2) is 0 Å². The van der Waals surface area contributed by atoms with E-state index in [1.165, 1.54) is 43.3 Å². The number of hydrogen-bond acceptors (Lipinski definition) is 9. The molecular weight excluding hydrogens is 492 g/mol. The molecule has 34 heavy (non-hydrogen) atoms. The number of carbonyl (C=O) groups excluding carboxylic acids is 3. The molecule has 0 atom stereocenters. The quantitative estimate of drug-likeness (QED) is 0.196. The van der Waals surface area contributed by atoms with Crippen LogP contribution in [-0.4, -0.2) is 43.6 Å². The van der Waals surface area contributed by atoms with Crippen LogP contribution >= 0.6 is 0 Å². The number of amides is 1. The zero-order valence-corrected chi connectivity index (χ0v) is 19.4. The Hall–Kier alpha value is -3.59. The number of rotatable bonds is 5. The molecule has 184 valence electrons. The van der Waals surface area contributed by atoms with E-state index in [0.717, 1.165) is 12.1 Å². The Morgan fingerprint density at radius 1 is 0.971 bits per heavy atom. The Labute approximate surface area is 195 Å². The summed E-state index contributed by atoms with van der Waals surface area (Å²) in [5.74, 6) is -0.325. The fourth-order valence-corrected chi connectivity index (χ4v) is 3.06. The predicted molar refractivity (Wildman–Crippen MR) is 121 cm³/mol. The monoisotopic (exact) mass is 514 g/mol. The smallest absolute Gasteiger partial charge is 0.318 e. The van der Waals surface area contributed by atoms with Crippen LogP contribution in [0, 0.1) is 0 Å². The third-order valence-electron chi connectivity index (χ3n) is 3.62. The van der Waals surface area contributed by atoms with Crippen molar-refractivity contribution in [2.24, 2.45) is 0 Å². The summed E-state index contributed by atoms with van der Waals surface area (Å²) < 4.78 is 63.9. The minimum Gasteiger partial charge on any atom is -0.431 e. The van der Waals surface area contributed by atoms with Crippen molar-refractivity contribution in [3.63, 3.8) is 0 Å². The number of ether oxygens (including phenoxy) is 1. The van der Waals surface area contributed by atoms with Gasteiger partial charge in [-0.15, -0.1) is 0 Å². The van der Waals surface area contributed by atoms with Gasteiger partial charge in [0.15, 0.2) is 0 Å². The first kappa shape index (κ1) is 28.4. The second-order valence-electron chi connectivity index (χ2n) is 6.66. The van der Waals surface area contributed by atoms with Gasteiger partial charge in [0.05, 0.1) is 16.2 Å². The fraction of sp³-hybridized carbons (Fsp3) is 0.150. The number of Topliss-reactive ketones (excluding diaryl/α,β-unsaturated/α-hetero) is 1. The highest BCUT2D eigenvalue weighted by Gasteiger charge is 2.17. The number of hydrogen-bond donors (Lipinski definition) is 4. The van der Waals surface area contributed by atoms with E-state index in [1.54, 1.807) is 0 Å². The summed E-state index contributed by atoms with van der Waals surface area (Å²) in [5, 5.41) is 2.42. The van der Waals surface area contributed by atoms with Gasteiger partial charge in [0.1, 0.15) is 18.0 Å². The Bertz CT molecular complexity index is 1250. The number of carbonyl (C=O) groups is 3. The van der Waals surface area contributed by atoms with E-state index in [2.05, 4.69) is 16.6 Å². The van der Waals surface area contributed by atoms with Crippen molar-refractivity contribution >= 4 is 49.3 Å². The molecule has 1 heterocycles. The maximum absolute atomic E-state index is 11.2. The lowest BCUT2D eigenvalue weighted by molar-refractivity contribution is -0.148. The van der Waals surface area contributed by atoms with Gasteiger partial charge in [0, 0.05) is 11.4 Å². The second-order valence-corrected chi connectivity index (χ2v) is 9.50. The third kappa shape index (κ3) is 10.8. The first-order chi connectivity index (χ1) is 15.6. The summed E-state index contributed by atoms with van der Waals surface area (Å²) in [6.45, 7) is 4.66. The molecule has 0 aliphatic carbocycles. The topological polar surface area (TPSA) is 207 Å². The fourth-order valence-electron chi connectivity index (χ4n) is 2.09. The Morgan fingerprint density at radius 2 is 1.38 bits per heavy atom. The summed E-state index contributed by atoms with van der Waals surface area (Å²) in [7, 11) is -8.31. The number of nitrogens with two attached hydrogens (primary N) is 1. The first-order valence-corrected chi connectivity index (χ1v) is 12.0. The van der Waals surface area contributed by atoms with Crippen molar-refractivity contribution in [1.82, 2.24) is 0 Å². The number of cyclic esters (lactones) is 1. The molecule has 3 rings (SSSR count). The molecule has 2 aromatic carbocycles. The van der Waals surface area contributed by atoms with Crippen molar-refractivity contribution in [1.29, 1.82) is 0 Å². The molecule has 0 bridgehead atoms. The molecule has 0 spiro atoms. The molecule has 1 amide bonds. The van der Waals surface area contributed by atoms with Gasteiger partial charge in [0.2, 0.25) is 5.91 Å². The maximum atomic E-state index is 11.2. The van der Waals surface area contributed by atoms with Crippen LogP contribution in [0.1, 0.15) is 19.8 Å². The number of nitrogens with one attached hydrogen (secondary N) is 1.